The van der Waals surface area contributed by atoms with E-state index in [1.807, 2.05) is 0 Å². The summed E-state index contributed by atoms with van der Waals surface area (Å²) in [5, 5.41) is 2.79. The van der Waals surface area contributed by atoms with E-state index in [1.165, 1.54) is 81.7 Å². The lowest BCUT2D eigenvalue weighted by Gasteiger charge is -2.10. The average molecular weight is 814 g/mol. The molecule has 5 aromatic rings. The van der Waals surface area contributed by atoms with Crippen LogP contribution in [-0.2, 0) is 0 Å². The standard InChI is InChI=1S/C50H55NO9/c1-3-5-7-9-11-13-34-56-42-26-20-38(21-27-42)48(53)58-44-30-18-37(19-31-44)47(52)51-41-16-15-17-46(36-41)60-50(55)40-24-32-45(33-25-40)59-49(54)39-22-28-43(29-23-39)57-35-14-12-10-8-6-4-2/h15-33,36H,3-14,34-35H2,1-2H3,(H,51,52). The molecular formula is C50H55NO9. The van der Waals surface area contributed by atoms with Gasteiger partial charge in [-0.3, -0.25) is 4.79 Å². The van der Waals surface area contributed by atoms with Crippen molar-refractivity contribution in [2.45, 2.75) is 90.9 Å². The van der Waals surface area contributed by atoms with Gasteiger partial charge in [-0.15, -0.1) is 0 Å². The second kappa shape index (κ2) is 24.5. The molecular weight excluding hydrogens is 759 g/mol. The Morgan fingerprint density at radius 3 is 1.20 bits per heavy atom. The maximum Gasteiger partial charge on any atom is 0.343 e. The fourth-order valence-corrected chi connectivity index (χ4v) is 6.19. The molecule has 10 nitrogen and oxygen atoms in total. The average Bonchev–Trinajstić information content (AvgIpc) is 3.26. The molecule has 0 aliphatic rings. The van der Waals surface area contributed by atoms with Crippen LogP contribution in [0.4, 0.5) is 5.69 Å². The van der Waals surface area contributed by atoms with Crippen LogP contribution in [0.1, 0.15) is 132 Å². The summed E-state index contributed by atoms with van der Waals surface area (Å²) in [6.07, 6.45) is 14.2. The number of unbranched alkanes of at least 4 members (excludes halogenated alkanes) is 10. The number of esters is 3. The lowest BCUT2D eigenvalue weighted by atomic mass is 10.1. The summed E-state index contributed by atoms with van der Waals surface area (Å²) in [4.78, 5) is 51.4. The van der Waals surface area contributed by atoms with Crippen LogP contribution in [0.25, 0.3) is 0 Å². The van der Waals surface area contributed by atoms with E-state index in [2.05, 4.69) is 19.2 Å². The molecule has 0 unspecified atom stereocenters. The van der Waals surface area contributed by atoms with Crippen LogP contribution in [0.5, 0.6) is 28.7 Å². The molecule has 0 aliphatic heterocycles. The molecule has 0 aromatic heterocycles. The van der Waals surface area contributed by atoms with Crippen molar-refractivity contribution in [1.29, 1.82) is 0 Å². The second-order valence-corrected chi connectivity index (χ2v) is 14.5. The minimum absolute atomic E-state index is 0.215. The van der Waals surface area contributed by atoms with E-state index in [0.717, 1.165) is 25.7 Å². The highest BCUT2D eigenvalue weighted by Gasteiger charge is 2.15. The molecule has 0 saturated heterocycles. The Morgan fingerprint density at radius 1 is 0.400 bits per heavy atom. The lowest BCUT2D eigenvalue weighted by molar-refractivity contribution is 0.0723. The Labute approximate surface area is 353 Å². The molecule has 0 atom stereocenters. The van der Waals surface area contributed by atoms with E-state index in [0.29, 0.717) is 47.1 Å². The van der Waals surface area contributed by atoms with E-state index >= 15 is 0 Å². The summed E-state index contributed by atoms with van der Waals surface area (Å²) in [6, 6.07) is 32.3. The summed E-state index contributed by atoms with van der Waals surface area (Å²) in [5.41, 5.74) is 1.72. The molecule has 0 saturated carbocycles. The van der Waals surface area contributed by atoms with Gasteiger partial charge in [0.15, 0.2) is 0 Å². The third-order valence-electron chi connectivity index (χ3n) is 9.64. The number of carbonyl (C=O) groups is 4. The number of hydrogen-bond acceptors (Lipinski definition) is 9. The molecule has 60 heavy (non-hydrogen) atoms. The number of nitrogens with one attached hydrogen (secondary N) is 1. The van der Waals surface area contributed by atoms with Gasteiger partial charge in [0.1, 0.15) is 28.7 Å². The smallest absolute Gasteiger partial charge is 0.343 e. The zero-order valence-corrected chi connectivity index (χ0v) is 34.6. The predicted molar refractivity (Wildman–Crippen MR) is 233 cm³/mol. The number of ether oxygens (including phenoxy) is 5. The van der Waals surface area contributed by atoms with Gasteiger partial charge in [0.25, 0.3) is 5.91 Å². The first-order chi connectivity index (χ1) is 29.3. The highest BCUT2D eigenvalue weighted by molar-refractivity contribution is 6.04. The molecule has 10 heteroatoms. The number of benzene rings is 5. The van der Waals surface area contributed by atoms with Crippen molar-refractivity contribution in [3.63, 3.8) is 0 Å². The molecule has 0 fully saturated rings. The molecule has 5 aromatic carbocycles. The van der Waals surface area contributed by atoms with Gasteiger partial charge in [0.05, 0.1) is 29.9 Å². The normalized spacial score (nSPS) is 10.7. The highest BCUT2D eigenvalue weighted by atomic mass is 16.5. The topological polar surface area (TPSA) is 126 Å². The molecule has 1 N–H and O–H groups in total. The van der Waals surface area contributed by atoms with Gasteiger partial charge in [0.2, 0.25) is 0 Å². The number of rotatable bonds is 24. The third-order valence-corrected chi connectivity index (χ3v) is 9.64. The van der Waals surface area contributed by atoms with Gasteiger partial charge in [-0.1, -0.05) is 84.1 Å². The third kappa shape index (κ3) is 15.1. The van der Waals surface area contributed by atoms with Gasteiger partial charge in [-0.2, -0.15) is 0 Å². The summed E-state index contributed by atoms with van der Waals surface area (Å²) in [5.74, 6) is 0.0664. The minimum atomic E-state index is -0.634. The summed E-state index contributed by atoms with van der Waals surface area (Å²) >= 11 is 0. The number of anilines is 1. The van der Waals surface area contributed by atoms with Crippen molar-refractivity contribution in [3.05, 3.63) is 144 Å². The van der Waals surface area contributed by atoms with Crippen LogP contribution in [0.15, 0.2) is 121 Å². The van der Waals surface area contributed by atoms with Gasteiger partial charge in [-0.05, 0) is 122 Å². The second-order valence-electron chi connectivity index (χ2n) is 14.5. The van der Waals surface area contributed by atoms with Crippen LogP contribution < -0.4 is 29.0 Å². The molecule has 314 valence electrons. The zero-order valence-electron chi connectivity index (χ0n) is 34.6. The lowest BCUT2D eigenvalue weighted by Crippen LogP contribution is -2.13. The predicted octanol–water partition coefficient (Wildman–Crippen LogP) is 12.1. The van der Waals surface area contributed by atoms with E-state index < -0.39 is 23.8 Å². The quantitative estimate of drug-likeness (QED) is 0.0368. The van der Waals surface area contributed by atoms with Gasteiger partial charge >= 0.3 is 17.9 Å². The molecule has 0 radical (unpaired) electrons. The Balaban J connectivity index is 1.03. The fraction of sp³-hybridized carbons (Fsp3) is 0.320. The van der Waals surface area contributed by atoms with Crippen LogP contribution in [0, 0.1) is 0 Å². The largest absolute Gasteiger partial charge is 0.494 e. The number of carbonyl (C=O) groups excluding carboxylic acids is 4. The Kier molecular flexibility index (Phi) is 18.2. The molecule has 0 spiro atoms. The van der Waals surface area contributed by atoms with Crippen molar-refractivity contribution < 1.29 is 42.9 Å². The summed E-state index contributed by atoms with van der Waals surface area (Å²) in [6.45, 7) is 5.68. The minimum Gasteiger partial charge on any atom is -0.494 e. The summed E-state index contributed by atoms with van der Waals surface area (Å²) < 4.78 is 28.2. The maximum atomic E-state index is 13.0. The number of hydrogen-bond donors (Lipinski definition) is 1. The van der Waals surface area contributed by atoms with Gasteiger partial charge in [0, 0.05) is 17.3 Å². The SMILES string of the molecule is CCCCCCCCOc1ccc(C(=O)Oc2ccc(C(=O)Nc3cccc(OC(=O)c4ccc(OC(=O)c5ccc(OCCCCCCCC)cc5)cc4)c3)cc2)cc1. The van der Waals surface area contributed by atoms with E-state index in [4.69, 9.17) is 23.7 Å². The van der Waals surface area contributed by atoms with Crippen molar-refractivity contribution in [3.8, 4) is 28.7 Å². The van der Waals surface area contributed by atoms with Crippen molar-refractivity contribution in [2.75, 3.05) is 18.5 Å². The van der Waals surface area contributed by atoms with Gasteiger partial charge in [-0.25, -0.2) is 14.4 Å². The molecule has 0 bridgehead atoms. The Bertz CT molecular complexity index is 1950. The van der Waals surface area contributed by atoms with Gasteiger partial charge < -0.3 is 29.0 Å². The van der Waals surface area contributed by atoms with Crippen LogP contribution >= 0.6 is 0 Å². The first-order valence-electron chi connectivity index (χ1n) is 21.0. The highest BCUT2D eigenvalue weighted by Crippen LogP contribution is 2.23. The van der Waals surface area contributed by atoms with Crippen molar-refractivity contribution in [1.82, 2.24) is 0 Å². The van der Waals surface area contributed by atoms with E-state index in [-0.39, 0.29) is 22.8 Å². The van der Waals surface area contributed by atoms with Crippen molar-refractivity contribution in [2.24, 2.45) is 0 Å². The van der Waals surface area contributed by atoms with Crippen LogP contribution in [-0.4, -0.2) is 37.0 Å². The first kappa shape index (κ1) is 44.7. The number of amides is 1. The summed E-state index contributed by atoms with van der Waals surface area (Å²) in [7, 11) is 0. The molecule has 1 amide bonds. The monoisotopic (exact) mass is 813 g/mol. The first-order valence-corrected chi connectivity index (χ1v) is 21.0. The van der Waals surface area contributed by atoms with E-state index in [9.17, 15) is 19.2 Å². The fourth-order valence-electron chi connectivity index (χ4n) is 6.19. The molecule has 0 heterocycles. The molecule has 0 aliphatic carbocycles. The van der Waals surface area contributed by atoms with E-state index in [1.54, 1.807) is 91.0 Å². The van der Waals surface area contributed by atoms with Crippen LogP contribution in [0.2, 0.25) is 0 Å². The zero-order chi connectivity index (χ0) is 42.4. The van der Waals surface area contributed by atoms with Crippen LogP contribution in [0.3, 0.4) is 0 Å². The maximum absolute atomic E-state index is 13.0. The van der Waals surface area contributed by atoms with Crippen molar-refractivity contribution >= 4 is 29.5 Å². The Morgan fingerprint density at radius 2 is 0.767 bits per heavy atom. The molecule has 5 rings (SSSR count). The Hall–Kier alpha value is -6.42.